The highest BCUT2D eigenvalue weighted by Crippen LogP contribution is 2.56. The second-order valence-corrected chi connectivity index (χ2v) is 14.1. The number of nitrogens with one attached hydrogen (secondary N) is 1. The highest BCUT2D eigenvalue weighted by Gasteiger charge is 2.74. The quantitative estimate of drug-likeness (QED) is 0.334. The lowest BCUT2D eigenvalue weighted by atomic mass is 9.74. The number of carbonyl (C=O) groups excluding carboxylic acids is 4. The number of carbonyl (C=O) groups is 4. The van der Waals surface area contributed by atoms with Gasteiger partial charge in [-0.3, -0.25) is 19.2 Å². The van der Waals surface area contributed by atoms with Gasteiger partial charge < -0.3 is 34.4 Å². The first-order chi connectivity index (χ1) is 24.0. The third-order valence-electron chi connectivity index (χ3n) is 10.5. The number of aliphatic hydroxyl groups is 1. The molecule has 0 aromatic heterocycles. The summed E-state index contributed by atoms with van der Waals surface area (Å²) < 4.78 is 18.4. The Balaban J connectivity index is 1.50. The van der Waals surface area contributed by atoms with Crippen molar-refractivity contribution in [3.63, 3.8) is 0 Å². The monoisotopic (exact) mass is 685 g/mol. The van der Waals surface area contributed by atoms with Gasteiger partial charge in [-0.25, -0.2) is 0 Å². The maximum absolute atomic E-state index is 15.2. The van der Waals surface area contributed by atoms with Crippen LogP contribution >= 0.6 is 0 Å². The minimum atomic E-state index is -1.47. The number of hydrogen-bond donors (Lipinski definition) is 2. The van der Waals surface area contributed by atoms with E-state index in [1.807, 2.05) is 88.4 Å². The predicted octanol–water partition coefficient (Wildman–Crippen LogP) is 3.57. The lowest BCUT2D eigenvalue weighted by Gasteiger charge is -2.40. The van der Waals surface area contributed by atoms with Crippen LogP contribution in [0.15, 0.2) is 72.8 Å². The summed E-state index contributed by atoms with van der Waals surface area (Å²) in [5.41, 5.74) is 1.66. The number of aryl methyl sites for hydroxylation is 2. The Labute approximate surface area is 293 Å². The van der Waals surface area contributed by atoms with Gasteiger partial charge in [-0.15, -0.1) is 0 Å². The molecule has 266 valence electrons. The van der Waals surface area contributed by atoms with Crippen molar-refractivity contribution in [2.24, 2.45) is 17.8 Å². The minimum absolute atomic E-state index is 0.0624. The van der Waals surface area contributed by atoms with Crippen LogP contribution in [0.3, 0.4) is 0 Å². The van der Waals surface area contributed by atoms with Crippen molar-refractivity contribution in [2.45, 2.75) is 76.5 Å². The highest BCUT2D eigenvalue weighted by atomic mass is 16.6. The number of fused-ring (bicyclic) bond motifs is 2. The zero-order chi connectivity index (χ0) is 35.7. The number of methoxy groups -OCH3 is 1. The first-order valence-electron chi connectivity index (χ1n) is 17.4. The van der Waals surface area contributed by atoms with Crippen molar-refractivity contribution in [1.29, 1.82) is 0 Å². The Kier molecular flexibility index (Phi) is 10.3. The number of hydrogen-bond acceptors (Lipinski definition) is 8. The zero-order valence-electron chi connectivity index (χ0n) is 29.3. The number of nitrogens with zero attached hydrogens (tertiary/aromatic N) is 2. The van der Waals surface area contributed by atoms with Crippen LogP contribution in [0.1, 0.15) is 49.5 Å². The van der Waals surface area contributed by atoms with Crippen LogP contribution in [0.5, 0.6) is 0 Å². The summed E-state index contributed by atoms with van der Waals surface area (Å²) in [4.78, 5) is 60.8. The van der Waals surface area contributed by atoms with Gasteiger partial charge in [-0.05, 0) is 48.9 Å². The molecule has 2 saturated heterocycles. The molecule has 2 fully saturated rings. The fourth-order valence-corrected chi connectivity index (χ4v) is 8.00. The van der Waals surface area contributed by atoms with Gasteiger partial charge in [0, 0.05) is 25.8 Å². The molecule has 4 aliphatic heterocycles. The molecule has 1 spiro atoms. The van der Waals surface area contributed by atoms with Crippen LogP contribution in [0.2, 0.25) is 0 Å². The van der Waals surface area contributed by atoms with Gasteiger partial charge in [0.25, 0.3) is 5.91 Å². The number of aliphatic hydroxyl groups excluding tert-OH is 1. The van der Waals surface area contributed by atoms with Gasteiger partial charge in [0.05, 0.1) is 37.3 Å². The Hall–Kier alpha value is -4.32. The van der Waals surface area contributed by atoms with Crippen LogP contribution in [0.25, 0.3) is 0 Å². The maximum Gasteiger partial charge on any atom is 0.313 e. The smallest absolute Gasteiger partial charge is 0.313 e. The Morgan fingerprint density at radius 1 is 1.04 bits per heavy atom. The van der Waals surface area contributed by atoms with E-state index in [1.165, 1.54) is 12.0 Å². The van der Waals surface area contributed by atoms with E-state index in [0.29, 0.717) is 17.7 Å². The minimum Gasteiger partial charge on any atom is -0.455 e. The number of amides is 3. The number of rotatable bonds is 7. The summed E-state index contributed by atoms with van der Waals surface area (Å²) >= 11 is 0. The van der Waals surface area contributed by atoms with Crippen LogP contribution in [0, 0.1) is 31.6 Å². The fraction of sp³-hybridized carbons (Fsp3) is 0.487. The first kappa shape index (κ1) is 35.5. The highest BCUT2D eigenvalue weighted by molar-refractivity contribution is 6.06. The number of likely N-dealkylation sites (tertiary alicyclic amines) is 1. The largest absolute Gasteiger partial charge is 0.455 e. The predicted molar refractivity (Wildman–Crippen MR) is 186 cm³/mol. The maximum atomic E-state index is 15.2. The van der Waals surface area contributed by atoms with Crippen molar-refractivity contribution in [3.05, 3.63) is 89.5 Å². The average Bonchev–Trinajstić information content (AvgIpc) is 3.74. The second-order valence-electron chi connectivity index (χ2n) is 14.1. The van der Waals surface area contributed by atoms with E-state index in [0.717, 1.165) is 11.1 Å². The Morgan fingerprint density at radius 2 is 1.80 bits per heavy atom. The number of ether oxygens (including phenoxy) is 3. The molecule has 11 heteroatoms. The second kappa shape index (κ2) is 14.5. The van der Waals surface area contributed by atoms with E-state index in [-0.39, 0.29) is 43.9 Å². The van der Waals surface area contributed by atoms with Gasteiger partial charge in [0.15, 0.2) is 0 Å². The van der Waals surface area contributed by atoms with E-state index >= 15 is 4.79 Å². The van der Waals surface area contributed by atoms with E-state index < -0.39 is 59.6 Å². The van der Waals surface area contributed by atoms with E-state index in [9.17, 15) is 19.5 Å². The number of allylic oxidation sites excluding steroid dienone is 1. The molecular formula is C39H47N3O8. The number of cyclic esters (lactones) is 1. The molecule has 2 aromatic rings. The Bertz CT molecular complexity index is 1670. The fourth-order valence-electron chi connectivity index (χ4n) is 8.00. The summed E-state index contributed by atoms with van der Waals surface area (Å²) in [6.07, 6.45) is 6.01. The van der Waals surface area contributed by atoms with Gasteiger partial charge in [-0.1, -0.05) is 80.6 Å². The van der Waals surface area contributed by atoms with Crippen LogP contribution < -0.4 is 10.2 Å². The zero-order valence-corrected chi connectivity index (χ0v) is 29.3. The molecule has 0 unspecified atom stereocenters. The number of anilines is 1. The molecule has 0 radical (unpaired) electrons. The lowest BCUT2D eigenvalue weighted by Crippen LogP contribution is -2.59. The van der Waals surface area contributed by atoms with Gasteiger partial charge in [-0.2, -0.15) is 0 Å². The summed E-state index contributed by atoms with van der Waals surface area (Å²) in [6, 6.07) is 12.3. The SMILES string of the molecule is COC[C@@H]1NC(=O)CC/C=C\CN(c2cc(C)ccc2C)C(=O)[C@H]2N([C@@H](CO)C(C)C)C(=O)[C@@H]3[C@@H](C(=O)O[C@H]1c1ccccc1)[C@H]1C=C[C@]32O1. The summed E-state index contributed by atoms with van der Waals surface area (Å²) in [7, 11) is 1.51. The van der Waals surface area contributed by atoms with E-state index in [2.05, 4.69) is 5.32 Å². The first-order valence-corrected chi connectivity index (χ1v) is 17.4. The number of benzene rings is 2. The third kappa shape index (κ3) is 6.27. The molecule has 2 N–H and O–H groups in total. The molecule has 0 aliphatic carbocycles. The molecule has 4 heterocycles. The van der Waals surface area contributed by atoms with Crippen LogP contribution in [-0.2, 0) is 33.4 Å². The van der Waals surface area contributed by atoms with E-state index in [4.69, 9.17) is 14.2 Å². The Morgan fingerprint density at radius 3 is 2.50 bits per heavy atom. The normalized spacial score (nSPS) is 31.2. The van der Waals surface area contributed by atoms with Crippen molar-refractivity contribution in [3.8, 4) is 0 Å². The number of esters is 1. The van der Waals surface area contributed by atoms with Gasteiger partial charge in [0.1, 0.15) is 23.7 Å². The lowest BCUT2D eigenvalue weighted by molar-refractivity contribution is -0.162. The van der Waals surface area contributed by atoms with Gasteiger partial charge >= 0.3 is 5.97 Å². The van der Waals surface area contributed by atoms with Crippen LogP contribution in [0.4, 0.5) is 5.69 Å². The third-order valence-corrected chi connectivity index (χ3v) is 10.5. The van der Waals surface area contributed by atoms with Gasteiger partial charge in [0.2, 0.25) is 11.8 Å². The summed E-state index contributed by atoms with van der Waals surface area (Å²) in [5.74, 6) is -4.13. The molecular weight excluding hydrogens is 638 g/mol. The van der Waals surface area contributed by atoms with Crippen molar-refractivity contribution < 1.29 is 38.5 Å². The molecule has 2 aromatic carbocycles. The van der Waals surface area contributed by atoms with E-state index in [1.54, 1.807) is 17.1 Å². The molecule has 6 rings (SSSR count). The molecule has 0 saturated carbocycles. The molecule has 8 atom stereocenters. The van der Waals surface area contributed by atoms with Crippen molar-refractivity contribution >= 4 is 29.4 Å². The summed E-state index contributed by atoms with van der Waals surface area (Å²) in [5, 5.41) is 13.7. The average molecular weight is 686 g/mol. The molecule has 11 nitrogen and oxygen atoms in total. The molecule has 3 amide bonds. The van der Waals surface area contributed by atoms with Crippen LogP contribution in [-0.4, -0.2) is 90.4 Å². The molecule has 5 bridgehead atoms. The van der Waals surface area contributed by atoms with Crippen molar-refractivity contribution in [2.75, 3.05) is 31.8 Å². The summed E-state index contributed by atoms with van der Waals surface area (Å²) in [6.45, 7) is 7.49. The van der Waals surface area contributed by atoms with Crippen molar-refractivity contribution in [1.82, 2.24) is 10.2 Å². The molecule has 4 aliphatic rings. The standard InChI is InChI=1S/C39H47N3O8/c1-23(2)29(21-43)42-35-37(46)41(28-20-24(3)15-16-25(28)4)19-11-7-10-14-31(44)40-27(22-48-5)34(26-12-8-6-9-13-26)49-38(47)32-30-17-18-39(35,50-30)33(32)36(42)45/h6-9,11-13,15-18,20,23,27,29-30,32-35,43H,10,14,19,21-22H2,1-5H3,(H,40,44)/b11-7-/t27-,29-,30+,32-,33-,34-,35+,39-/m0/s1. The topological polar surface area (TPSA) is 135 Å². The molecule has 50 heavy (non-hydrogen) atoms.